The molecular weight excluding hydrogens is 360 g/mol. The van der Waals surface area contributed by atoms with Crippen LogP contribution in [0.5, 0.6) is 0 Å². The van der Waals surface area contributed by atoms with Crippen molar-refractivity contribution in [3.8, 4) is 11.1 Å². The first-order chi connectivity index (χ1) is 14.0. The van der Waals surface area contributed by atoms with E-state index in [1.807, 2.05) is 30.9 Å². The molecule has 1 fully saturated rings. The summed E-state index contributed by atoms with van der Waals surface area (Å²) in [5.74, 6) is 0.219. The molecular formula is C25H32N2O2. The standard InChI is InChI=1S/C25H32N2O2/c1-4-9-23(28)27-15-14-25(18-27,24(29)26-5-2)17-21-11-6-7-13-22(21)20-12-8-10-19(3)16-20/h6-8,10-13,16H,4-5,9,14-15,17-18H2,1-3H3,(H,26,29)/t25-/m0/s1. The number of aryl methyl sites for hydroxylation is 1. The lowest BCUT2D eigenvalue weighted by atomic mass is 9.78. The number of hydrogen-bond acceptors (Lipinski definition) is 2. The molecule has 1 aliphatic rings. The van der Waals surface area contributed by atoms with Crippen LogP contribution in [0.25, 0.3) is 11.1 Å². The van der Waals surface area contributed by atoms with Crippen molar-refractivity contribution in [1.82, 2.24) is 10.2 Å². The monoisotopic (exact) mass is 392 g/mol. The Balaban J connectivity index is 1.94. The Bertz CT molecular complexity index is 877. The van der Waals surface area contributed by atoms with E-state index >= 15 is 0 Å². The molecule has 1 heterocycles. The summed E-state index contributed by atoms with van der Waals surface area (Å²) >= 11 is 0. The minimum Gasteiger partial charge on any atom is -0.356 e. The largest absolute Gasteiger partial charge is 0.356 e. The minimum atomic E-state index is -0.570. The van der Waals surface area contributed by atoms with Crippen molar-refractivity contribution in [1.29, 1.82) is 0 Å². The predicted molar refractivity (Wildman–Crippen MR) is 118 cm³/mol. The van der Waals surface area contributed by atoms with Gasteiger partial charge in [0.2, 0.25) is 11.8 Å². The van der Waals surface area contributed by atoms with Gasteiger partial charge in [0.05, 0.1) is 5.41 Å². The number of hydrogen-bond donors (Lipinski definition) is 1. The molecule has 4 heteroatoms. The second kappa shape index (κ2) is 9.25. The van der Waals surface area contributed by atoms with Gasteiger partial charge in [-0.1, -0.05) is 61.0 Å². The number of carbonyl (C=O) groups excluding carboxylic acids is 2. The van der Waals surface area contributed by atoms with Gasteiger partial charge in [-0.2, -0.15) is 0 Å². The van der Waals surface area contributed by atoms with E-state index in [2.05, 4.69) is 48.6 Å². The Labute approximate surface area is 174 Å². The van der Waals surface area contributed by atoms with Gasteiger partial charge in [0.15, 0.2) is 0 Å². The molecule has 0 aliphatic carbocycles. The van der Waals surface area contributed by atoms with Crippen LogP contribution in [0.4, 0.5) is 0 Å². The maximum Gasteiger partial charge on any atom is 0.228 e. The van der Waals surface area contributed by atoms with Crippen LogP contribution >= 0.6 is 0 Å². The van der Waals surface area contributed by atoms with Crippen LogP contribution in [0.3, 0.4) is 0 Å². The normalized spacial score (nSPS) is 18.7. The highest BCUT2D eigenvalue weighted by Gasteiger charge is 2.45. The molecule has 0 bridgehead atoms. The summed E-state index contributed by atoms with van der Waals surface area (Å²) in [5, 5.41) is 3.03. The molecule has 2 amide bonds. The van der Waals surface area contributed by atoms with E-state index in [9.17, 15) is 9.59 Å². The number of nitrogens with one attached hydrogen (secondary N) is 1. The Hall–Kier alpha value is -2.62. The van der Waals surface area contributed by atoms with Crippen LogP contribution in [0.2, 0.25) is 0 Å². The van der Waals surface area contributed by atoms with E-state index < -0.39 is 5.41 Å². The van der Waals surface area contributed by atoms with Crippen LogP contribution in [0.15, 0.2) is 48.5 Å². The molecule has 4 nitrogen and oxygen atoms in total. The Morgan fingerprint density at radius 2 is 1.90 bits per heavy atom. The van der Waals surface area contributed by atoms with Gasteiger partial charge < -0.3 is 10.2 Å². The van der Waals surface area contributed by atoms with Crippen molar-refractivity contribution < 1.29 is 9.59 Å². The molecule has 2 aromatic carbocycles. The molecule has 2 aromatic rings. The summed E-state index contributed by atoms with van der Waals surface area (Å²) in [5.41, 5.74) is 4.14. The van der Waals surface area contributed by atoms with E-state index in [0.717, 1.165) is 12.0 Å². The van der Waals surface area contributed by atoms with E-state index in [0.29, 0.717) is 38.9 Å². The van der Waals surface area contributed by atoms with Crippen LogP contribution in [0, 0.1) is 12.3 Å². The zero-order valence-corrected chi connectivity index (χ0v) is 17.8. The SMILES string of the molecule is CCCC(=O)N1CC[C@@](Cc2ccccc2-c2cccc(C)c2)(C(=O)NCC)C1. The van der Waals surface area contributed by atoms with Crippen LogP contribution in [-0.4, -0.2) is 36.3 Å². The second-order valence-corrected chi connectivity index (χ2v) is 8.16. The summed E-state index contributed by atoms with van der Waals surface area (Å²) in [4.78, 5) is 27.5. The number of rotatable bonds is 7. The molecule has 29 heavy (non-hydrogen) atoms. The molecule has 3 rings (SSSR count). The Morgan fingerprint density at radius 1 is 1.10 bits per heavy atom. The third kappa shape index (κ3) is 4.69. The molecule has 1 N–H and O–H groups in total. The highest BCUT2D eigenvalue weighted by Crippen LogP contribution is 2.38. The lowest BCUT2D eigenvalue weighted by Gasteiger charge is -2.29. The van der Waals surface area contributed by atoms with Crippen molar-refractivity contribution in [2.45, 2.75) is 46.5 Å². The summed E-state index contributed by atoms with van der Waals surface area (Å²) in [6, 6.07) is 16.8. The first kappa shape index (κ1) is 21.1. The summed E-state index contributed by atoms with van der Waals surface area (Å²) in [6.45, 7) is 7.81. The Kier molecular flexibility index (Phi) is 6.73. The number of carbonyl (C=O) groups is 2. The number of benzene rings is 2. The predicted octanol–water partition coefficient (Wildman–Crippen LogP) is 4.36. The lowest BCUT2D eigenvalue weighted by molar-refractivity contribution is -0.133. The molecule has 1 atom stereocenters. The minimum absolute atomic E-state index is 0.0610. The van der Waals surface area contributed by atoms with Gasteiger partial charge in [-0.05, 0) is 49.8 Å². The zero-order valence-electron chi connectivity index (χ0n) is 17.8. The number of likely N-dealkylation sites (tertiary alicyclic amines) is 1. The van der Waals surface area contributed by atoms with Gasteiger partial charge in [0.25, 0.3) is 0 Å². The van der Waals surface area contributed by atoms with Crippen LogP contribution in [-0.2, 0) is 16.0 Å². The quantitative estimate of drug-likeness (QED) is 0.761. The van der Waals surface area contributed by atoms with Crippen molar-refractivity contribution in [3.63, 3.8) is 0 Å². The lowest BCUT2D eigenvalue weighted by Crippen LogP contribution is -2.45. The fourth-order valence-electron chi connectivity index (χ4n) is 4.35. The molecule has 154 valence electrons. The average molecular weight is 393 g/mol. The number of nitrogens with zero attached hydrogens (tertiary/aromatic N) is 1. The topological polar surface area (TPSA) is 49.4 Å². The number of amides is 2. The third-order valence-corrected chi connectivity index (χ3v) is 5.86. The van der Waals surface area contributed by atoms with Gasteiger partial charge in [-0.15, -0.1) is 0 Å². The van der Waals surface area contributed by atoms with E-state index in [4.69, 9.17) is 0 Å². The molecule has 0 spiro atoms. The maximum absolute atomic E-state index is 13.2. The van der Waals surface area contributed by atoms with Crippen LogP contribution in [0.1, 0.15) is 44.2 Å². The maximum atomic E-state index is 13.2. The van der Waals surface area contributed by atoms with Crippen molar-refractivity contribution in [2.24, 2.45) is 5.41 Å². The first-order valence-electron chi connectivity index (χ1n) is 10.7. The smallest absolute Gasteiger partial charge is 0.228 e. The van der Waals surface area contributed by atoms with Gasteiger partial charge in [-0.3, -0.25) is 9.59 Å². The molecule has 1 saturated heterocycles. The van der Waals surface area contributed by atoms with Crippen molar-refractivity contribution in [2.75, 3.05) is 19.6 Å². The molecule has 0 saturated carbocycles. The van der Waals surface area contributed by atoms with E-state index in [-0.39, 0.29) is 11.8 Å². The second-order valence-electron chi connectivity index (χ2n) is 8.16. The summed E-state index contributed by atoms with van der Waals surface area (Å²) in [6.07, 6.45) is 2.72. The van der Waals surface area contributed by atoms with E-state index in [1.54, 1.807) is 0 Å². The highest BCUT2D eigenvalue weighted by molar-refractivity contribution is 5.86. The molecule has 1 aliphatic heterocycles. The van der Waals surface area contributed by atoms with E-state index in [1.165, 1.54) is 16.7 Å². The summed E-state index contributed by atoms with van der Waals surface area (Å²) < 4.78 is 0. The Morgan fingerprint density at radius 3 is 2.62 bits per heavy atom. The van der Waals surface area contributed by atoms with Gasteiger partial charge in [-0.25, -0.2) is 0 Å². The third-order valence-electron chi connectivity index (χ3n) is 5.86. The van der Waals surface area contributed by atoms with Crippen molar-refractivity contribution in [3.05, 3.63) is 59.7 Å². The fourth-order valence-corrected chi connectivity index (χ4v) is 4.35. The summed E-state index contributed by atoms with van der Waals surface area (Å²) in [7, 11) is 0. The van der Waals surface area contributed by atoms with Gasteiger partial charge in [0, 0.05) is 26.1 Å². The van der Waals surface area contributed by atoms with Crippen molar-refractivity contribution >= 4 is 11.8 Å². The fraction of sp³-hybridized carbons (Fsp3) is 0.440. The van der Waals surface area contributed by atoms with Gasteiger partial charge >= 0.3 is 0 Å². The average Bonchev–Trinajstić information content (AvgIpc) is 3.14. The molecule has 0 aromatic heterocycles. The van der Waals surface area contributed by atoms with Gasteiger partial charge in [0.1, 0.15) is 0 Å². The zero-order chi connectivity index (χ0) is 20.9. The molecule has 0 unspecified atom stereocenters. The highest BCUT2D eigenvalue weighted by atomic mass is 16.2. The first-order valence-corrected chi connectivity index (χ1v) is 10.7. The van der Waals surface area contributed by atoms with Crippen LogP contribution < -0.4 is 5.32 Å². The molecule has 0 radical (unpaired) electrons.